The summed E-state index contributed by atoms with van der Waals surface area (Å²) >= 11 is 0. The second-order valence-corrected chi connectivity index (χ2v) is 4.30. The second kappa shape index (κ2) is 5.49. The van der Waals surface area contributed by atoms with Gasteiger partial charge in [0.25, 0.3) is 0 Å². The standard InChI is InChI=1S/C12H21N3/c1-7-10(8-13)11(14-6)15-9(2)12(3,4)5/h7-8,13H,2H2,1,3-6H3,(H,14,15)/b10-7-,13-8?. The Morgan fingerprint density at radius 3 is 2.20 bits per heavy atom. The lowest BCUT2D eigenvalue weighted by Gasteiger charge is -2.19. The van der Waals surface area contributed by atoms with Gasteiger partial charge in [0.15, 0.2) is 0 Å². The maximum Gasteiger partial charge on any atom is 0.134 e. The highest BCUT2D eigenvalue weighted by atomic mass is 15.0. The van der Waals surface area contributed by atoms with Gasteiger partial charge in [0, 0.05) is 29.9 Å². The monoisotopic (exact) mass is 207 g/mol. The van der Waals surface area contributed by atoms with E-state index in [0.29, 0.717) is 5.84 Å². The van der Waals surface area contributed by atoms with E-state index in [0.717, 1.165) is 11.3 Å². The van der Waals surface area contributed by atoms with E-state index in [-0.39, 0.29) is 5.41 Å². The Labute approximate surface area is 92.5 Å². The van der Waals surface area contributed by atoms with E-state index >= 15 is 0 Å². The predicted octanol–water partition coefficient (Wildman–Crippen LogP) is 2.76. The highest BCUT2D eigenvalue weighted by Crippen LogP contribution is 2.24. The molecule has 0 radical (unpaired) electrons. The van der Waals surface area contributed by atoms with E-state index in [1.807, 2.05) is 13.0 Å². The molecule has 0 aromatic heterocycles. The lowest BCUT2D eigenvalue weighted by Crippen LogP contribution is -2.23. The molecule has 0 aliphatic rings. The van der Waals surface area contributed by atoms with Gasteiger partial charge in [-0.2, -0.15) is 0 Å². The van der Waals surface area contributed by atoms with Crippen LogP contribution in [-0.4, -0.2) is 19.1 Å². The third-order valence-electron chi connectivity index (χ3n) is 2.09. The van der Waals surface area contributed by atoms with Crippen molar-refractivity contribution in [2.75, 3.05) is 7.05 Å². The molecule has 0 spiro atoms. The smallest absolute Gasteiger partial charge is 0.134 e. The lowest BCUT2D eigenvalue weighted by atomic mass is 9.93. The summed E-state index contributed by atoms with van der Waals surface area (Å²) in [7, 11) is 1.79. The van der Waals surface area contributed by atoms with Crippen LogP contribution in [0.2, 0.25) is 0 Å². The molecule has 0 atom stereocenters. The minimum atomic E-state index is -0.0526. The van der Waals surface area contributed by atoms with Crippen LogP contribution in [0, 0.1) is 10.8 Å². The summed E-state index contributed by atoms with van der Waals surface area (Å²) < 4.78 is 0. The highest BCUT2D eigenvalue weighted by molar-refractivity contribution is 6.14. The molecule has 0 amide bonds. The van der Waals surface area contributed by atoms with E-state index < -0.39 is 0 Å². The number of hydrogen-bond donors (Lipinski definition) is 2. The lowest BCUT2D eigenvalue weighted by molar-refractivity contribution is 0.500. The van der Waals surface area contributed by atoms with Crippen LogP contribution in [0.3, 0.4) is 0 Å². The number of nitrogens with one attached hydrogen (secondary N) is 2. The third-order valence-corrected chi connectivity index (χ3v) is 2.09. The van der Waals surface area contributed by atoms with Crippen LogP contribution in [0.15, 0.2) is 28.9 Å². The number of hydrogen-bond acceptors (Lipinski definition) is 2. The molecule has 0 saturated carbocycles. The molecule has 0 aliphatic carbocycles. The van der Waals surface area contributed by atoms with Crippen LogP contribution in [0.25, 0.3) is 0 Å². The predicted molar refractivity (Wildman–Crippen MR) is 67.6 cm³/mol. The van der Waals surface area contributed by atoms with E-state index in [2.05, 4.69) is 37.7 Å². The van der Waals surface area contributed by atoms with Crippen molar-refractivity contribution in [3.8, 4) is 0 Å². The molecular weight excluding hydrogens is 186 g/mol. The molecule has 0 rings (SSSR count). The second-order valence-electron chi connectivity index (χ2n) is 4.30. The first-order valence-corrected chi connectivity index (χ1v) is 4.99. The van der Waals surface area contributed by atoms with Gasteiger partial charge >= 0.3 is 0 Å². The molecule has 0 saturated heterocycles. The maximum absolute atomic E-state index is 7.25. The zero-order valence-corrected chi connectivity index (χ0v) is 10.3. The number of amidine groups is 1. The van der Waals surface area contributed by atoms with E-state index in [1.165, 1.54) is 6.21 Å². The Morgan fingerprint density at radius 1 is 1.40 bits per heavy atom. The van der Waals surface area contributed by atoms with Crippen LogP contribution >= 0.6 is 0 Å². The minimum Gasteiger partial charge on any atom is -0.373 e. The van der Waals surface area contributed by atoms with Gasteiger partial charge in [-0.3, -0.25) is 0 Å². The first-order valence-electron chi connectivity index (χ1n) is 4.99. The van der Waals surface area contributed by atoms with Crippen molar-refractivity contribution in [3.63, 3.8) is 0 Å². The maximum atomic E-state index is 7.25. The summed E-state index contributed by atoms with van der Waals surface area (Å²) in [5.74, 6) is 0.687. The summed E-state index contributed by atoms with van der Waals surface area (Å²) in [5.41, 5.74) is 1.51. The quantitative estimate of drug-likeness (QED) is 0.542. The topological polar surface area (TPSA) is 48.2 Å². The van der Waals surface area contributed by atoms with Gasteiger partial charge < -0.3 is 10.7 Å². The van der Waals surface area contributed by atoms with Gasteiger partial charge in [-0.15, -0.1) is 0 Å². The molecule has 0 aromatic rings. The molecule has 0 heterocycles. The normalized spacial score (nSPS) is 13.7. The van der Waals surface area contributed by atoms with Crippen molar-refractivity contribution in [1.82, 2.24) is 5.32 Å². The van der Waals surface area contributed by atoms with Gasteiger partial charge in [-0.25, -0.2) is 4.99 Å². The Bertz CT molecular complexity index is 303. The largest absolute Gasteiger partial charge is 0.373 e. The van der Waals surface area contributed by atoms with E-state index in [4.69, 9.17) is 5.41 Å². The Balaban J connectivity index is 5.07. The fourth-order valence-corrected chi connectivity index (χ4v) is 0.856. The van der Waals surface area contributed by atoms with Crippen LogP contribution < -0.4 is 5.32 Å². The average Bonchev–Trinajstić information content (AvgIpc) is 2.16. The summed E-state index contributed by atoms with van der Waals surface area (Å²) in [4.78, 5) is 4.40. The van der Waals surface area contributed by atoms with Crippen LogP contribution in [0.5, 0.6) is 0 Å². The summed E-state index contributed by atoms with van der Waals surface area (Å²) in [6.45, 7) is 12.0. The molecule has 0 aliphatic heterocycles. The van der Waals surface area contributed by atoms with E-state index in [9.17, 15) is 0 Å². The fourth-order valence-electron chi connectivity index (χ4n) is 0.856. The molecule has 0 unspecified atom stereocenters. The summed E-state index contributed by atoms with van der Waals surface area (Å²) in [5, 5.41) is 10.2. The number of aliphatic imine (C=N–C) groups is 1. The summed E-state index contributed by atoms with van der Waals surface area (Å²) in [6.07, 6.45) is 3.13. The molecular formula is C12H21N3. The molecule has 15 heavy (non-hydrogen) atoms. The van der Waals surface area contributed by atoms with Crippen LogP contribution in [0.1, 0.15) is 27.7 Å². The van der Waals surface area contributed by atoms with Crippen molar-refractivity contribution >= 4 is 12.1 Å². The SMILES string of the molecule is C=C(/N=C(NC)\C(C=N)=C/C)C(C)(C)C. The highest BCUT2D eigenvalue weighted by Gasteiger charge is 2.15. The Morgan fingerprint density at radius 2 is 1.93 bits per heavy atom. The molecule has 2 N–H and O–H groups in total. The fraction of sp³-hybridized carbons (Fsp3) is 0.500. The molecule has 84 valence electrons. The van der Waals surface area contributed by atoms with Gasteiger partial charge in [0.2, 0.25) is 0 Å². The molecule has 3 heteroatoms. The zero-order chi connectivity index (χ0) is 12.1. The van der Waals surface area contributed by atoms with Gasteiger partial charge in [0.1, 0.15) is 5.84 Å². The molecule has 3 nitrogen and oxygen atoms in total. The van der Waals surface area contributed by atoms with Crippen molar-refractivity contribution in [2.45, 2.75) is 27.7 Å². The number of rotatable bonds is 3. The van der Waals surface area contributed by atoms with Gasteiger partial charge in [-0.05, 0) is 6.92 Å². The van der Waals surface area contributed by atoms with Crippen molar-refractivity contribution in [3.05, 3.63) is 23.9 Å². The van der Waals surface area contributed by atoms with Crippen LogP contribution in [-0.2, 0) is 0 Å². The van der Waals surface area contributed by atoms with E-state index in [1.54, 1.807) is 7.05 Å². The van der Waals surface area contributed by atoms with Crippen molar-refractivity contribution in [1.29, 1.82) is 5.41 Å². The van der Waals surface area contributed by atoms with Crippen molar-refractivity contribution < 1.29 is 0 Å². The van der Waals surface area contributed by atoms with Gasteiger partial charge in [0.05, 0.1) is 0 Å². The molecule has 0 bridgehead atoms. The van der Waals surface area contributed by atoms with Crippen molar-refractivity contribution in [2.24, 2.45) is 10.4 Å². The third kappa shape index (κ3) is 4.11. The minimum absolute atomic E-state index is 0.0526. The van der Waals surface area contributed by atoms with Gasteiger partial charge in [-0.1, -0.05) is 33.4 Å². The Kier molecular flexibility index (Phi) is 4.98. The summed E-state index contributed by atoms with van der Waals surface area (Å²) in [6, 6.07) is 0. The number of likely N-dealkylation sites (N-methyl/N-ethyl adjacent to an activating group) is 1. The average molecular weight is 207 g/mol. The zero-order valence-electron chi connectivity index (χ0n) is 10.3. The first kappa shape index (κ1) is 13.6. The number of allylic oxidation sites excluding steroid dienone is 2. The number of nitrogens with zero attached hydrogens (tertiary/aromatic N) is 1. The Hall–Kier alpha value is -1.38. The first-order chi connectivity index (χ1) is 6.86. The molecule has 0 fully saturated rings. The van der Waals surface area contributed by atoms with Crippen LogP contribution in [0.4, 0.5) is 0 Å². The molecule has 0 aromatic carbocycles.